The minimum atomic E-state index is -4.53. The number of carbonyl (C=O) groups is 1. The van der Waals surface area contributed by atoms with Gasteiger partial charge in [-0.25, -0.2) is 4.98 Å². The number of thiazole rings is 1. The van der Waals surface area contributed by atoms with Gasteiger partial charge in [0.2, 0.25) is 5.91 Å². The third-order valence-electron chi connectivity index (χ3n) is 6.64. The minimum absolute atomic E-state index is 0. The first kappa shape index (κ1) is 27.4. The van der Waals surface area contributed by atoms with Crippen LogP contribution in [0.2, 0.25) is 0 Å². The Morgan fingerprint density at radius 2 is 1.97 bits per heavy atom. The number of halogens is 3. The van der Waals surface area contributed by atoms with Gasteiger partial charge in [0.1, 0.15) is 18.4 Å². The van der Waals surface area contributed by atoms with Crippen molar-refractivity contribution in [2.75, 3.05) is 13.1 Å². The molecule has 12 heteroatoms. The van der Waals surface area contributed by atoms with Gasteiger partial charge in [-0.2, -0.15) is 36.8 Å². The summed E-state index contributed by atoms with van der Waals surface area (Å²) in [6.07, 6.45) is -2.58. The number of rotatable bonds is 5. The van der Waals surface area contributed by atoms with E-state index < -0.39 is 11.9 Å². The van der Waals surface area contributed by atoms with Crippen LogP contribution in [0.25, 0.3) is 0 Å². The summed E-state index contributed by atoms with van der Waals surface area (Å²) >= 11 is 1.58. The monoisotopic (exact) mass is 697 g/mol. The second-order valence-corrected chi connectivity index (χ2v) is 9.98. The third-order valence-corrected chi connectivity index (χ3v) is 7.65. The molecular formula is C25H25F3N5O2STa-. The first-order valence-electron chi connectivity index (χ1n) is 11.7. The van der Waals surface area contributed by atoms with E-state index in [1.807, 2.05) is 29.6 Å². The van der Waals surface area contributed by atoms with Crippen molar-refractivity contribution < 1.29 is 45.2 Å². The average Bonchev–Trinajstić information content (AvgIpc) is 3.59. The summed E-state index contributed by atoms with van der Waals surface area (Å²) in [5.74, 6) is -0.0160. The number of benzene rings is 1. The van der Waals surface area contributed by atoms with Crippen LogP contribution in [0.5, 0.6) is 0 Å². The smallest absolute Gasteiger partial charge is 0.400 e. The average molecular weight is 698 g/mol. The van der Waals surface area contributed by atoms with E-state index in [1.165, 1.54) is 6.92 Å². The Morgan fingerprint density at radius 1 is 1.24 bits per heavy atom. The number of amides is 1. The fourth-order valence-electron chi connectivity index (χ4n) is 4.56. The fraction of sp³-hybridized carbons (Fsp3) is 0.400. The van der Waals surface area contributed by atoms with E-state index in [4.69, 9.17) is 9.82 Å². The predicted octanol–water partition coefficient (Wildman–Crippen LogP) is 5.12. The first-order chi connectivity index (χ1) is 17.2. The summed E-state index contributed by atoms with van der Waals surface area (Å²) in [7, 11) is 0. The Balaban J connectivity index is 0.00000320. The molecule has 1 radical (unpaired) electrons. The second-order valence-electron chi connectivity index (χ2n) is 9.09. The number of aryl methyl sites for hydroxylation is 1. The van der Waals surface area contributed by atoms with Crippen LogP contribution in [0.1, 0.15) is 64.5 Å². The zero-order valence-corrected chi connectivity index (χ0v) is 24.1. The normalized spacial score (nSPS) is 18.3. The van der Waals surface area contributed by atoms with Gasteiger partial charge in [0.05, 0.1) is 10.7 Å². The molecule has 1 aromatic carbocycles. The number of likely N-dealkylation sites (tertiary alicyclic amines) is 1. The van der Waals surface area contributed by atoms with E-state index in [9.17, 15) is 18.0 Å². The maximum absolute atomic E-state index is 12.9. The standard InChI is InChI=1S/C25H25F3N5O2S.Ta/c1-15-5-3-4-6-18(15)21-12-19(31-35-21)20-14-36-24(29-20)17-7-9-32(10-8-17)23(34)13-33-16(2)11-22(30-33)25(26,27)28;/h3-6,11,14,17,21H,1,7-10,12-13H2,2H3;/q-1;. The quantitative estimate of drug-likeness (QED) is 0.348. The molecule has 0 N–H and O–H groups in total. The van der Waals surface area contributed by atoms with Crippen molar-refractivity contribution in [2.24, 2.45) is 5.16 Å². The summed E-state index contributed by atoms with van der Waals surface area (Å²) in [6.45, 7) is 6.43. The summed E-state index contributed by atoms with van der Waals surface area (Å²) in [6, 6.07) is 8.80. The molecule has 3 aromatic rings. The molecule has 2 aliphatic rings. The molecule has 0 bridgehead atoms. The topological polar surface area (TPSA) is 72.6 Å². The number of oxime groups is 1. The summed E-state index contributed by atoms with van der Waals surface area (Å²) in [4.78, 5) is 24.9. The molecule has 1 amide bonds. The predicted molar refractivity (Wildman–Crippen MR) is 129 cm³/mol. The van der Waals surface area contributed by atoms with Crippen LogP contribution in [0.4, 0.5) is 13.2 Å². The number of aromatic nitrogens is 3. The van der Waals surface area contributed by atoms with Crippen molar-refractivity contribution in [2.45, 2.75) is 50.9 Å². The number of nitrogens with zero attached hydrogens (tertiary/aromatic N) is 5. The van der Waals surface area contributed by atoms with Gasteiger partial charge in [-0.15, -0.1) is 29.0 Å². The molecule has 1 unspecified atom stereocenters. The molecule has 1 atom stereocenters. The molecule has 4 heterocycles. The Labute approximate surface area is 232 Å². The maximum Gasteiger partial charge on any atom is 0.435 e. The van der Waals surface area contributed by atoms with E-state index in [0.29, 0.717) is 25.2 Å². The number of alkyl halides is 3. The minimum Gasteiger partial charge on any atom is -0.400 e. The molecule has 0 saturated carbocycles. The van der Waals surface area contributed by atoms with Crippen LogP contribution in [-0.2, 0) is 44.7 Å². The van der Waals surface area contributed by atoms with E-state index in [0.717, 1.165) is 51.1 Å². The number of hydrogen-bond acceptors (Lipinski definition) is 6. The van der Waals surface area contributed by atoms with Gasteiger partial charge in [0.15, 0.2) is 5.69 Å². The van der Waals surface area contributed by atoms with Gasteiger partial charge >= 0.3 is 6.18 Å². The van der Waals surface area contributed by atoms with E-state index in [-0.39, 0.29) is 46.9 Å². The Kier molecular flexibility index (Phi) is 8.17. The molecule has 1 fully saturated rings. The van der Waals surface area contributed by atoms with Gasteiger partial charge < -0.3 is 9.74 Å². The Morgan fingerprint density at radius 3 is 2.65 bits per heavy atom. The molecule has 0 spiro atoms. The maximum atomic E-state index is 12.9. The molecule has 2 aliphatic heterocycles. The molecule has 2 aromatic heterocycles. The Bertz CT molecular complexity index is 1300. The van der Waals surface area contributed by atoms with Crippen molar-refractivity contribution in [3.05, 3.63) is 75.9 Å². The molecule has 37 heavy (non-hydrogen) atoms. The summed E-state index contributed by atoms with van der Waals surface area (Å²) < 4.78 is 39.8. The molecule has 1 saturated heterocycles. The van der Waals surface area contributed by atoms with Crippen molar-refractivity contribution in [3.63, 3.8) is 0 Å². The van der Waals surface area contributed by atoms with Crippen molar-refractivity contribution in [1.82, 2.24) is 19.7 Å². The van der Waals surface area contributed by atoms with Crippen LogP contribution in [0.15, 0.2) is 40.9 Å². The van der Waals surface area contributed by atoms with Crippen LogP contribution < -0.4 is 0 Å². The summed E-state index contributed by atoms with van der Waals surface area (Å²) in [5.41, 5.74) is 2.88. The molecule has 5 rings (SSSR count). The SMILES string of the molecule is [CH2-]c1ccccc1C1CC(c2csc(C3CCN(C(=O)Cn4nc(C(F)(F)F)cc4C)CC3)n2)=NO1.[Ta]. The van der Waals surface area contributed by atoms with E-state index in [1.54, 1.807) is 16.2 Å². The van der Waals surface area contributed by atoms with Crippen LogP contribution >= 0.6 is 11.3 Å². The van der Waals surface area contributed by atoms with Gasteiger partial charge in [0, 0.05) is 58.9 Å². The van der Waals surface area contributed by atoms with Crippen LogP contribution in [0, 0.1) is 13.8 Å². The zero-order chi connectivity index (χ0) is 25.4. The van der Waals surface area contributed by atoms with E-state index >= 15 is 0 Å². The molecule has 0 aliphatic carbocycles. The molecule has 7 nitrogen and oxygen atoms in total. The van der Waals surface area contributed by atoms with Crippen molar-refractivity contribution in [1.29, 1.82) is 0 Å². The molecule has 195 valence electrons. The van der Waals surface area contributed by atoms with Gasteiger partial charge in [-0.05, 0) is 25.8 Å². The third kappa shape index (κ3) is 5.95. The van der Waals surface area contributed by atoms with Crippen LogP contribution in [-0.4, -0.2) is 44.4 Å². The number of carbonyl (C=O) groups excluding carboxylic acids is 1. The number of hydrogen-bond donors (Lipinski definition) is 0. The van der Waals surface area contributed by atoms with Crippen LogP contribution in [0.3, 0.4) is 0 Å². The van der Waals surface area contributed by atoms with Crippen molar-refractivity contribution >= 4 is 23.0 Å². The second kappa shape index (κ2) is 11.0. The summed E-state index contributed by atoms with van der Waals surface area (Å²) in [5, 5.41) is 10.8. The van der Waals surface area contributed by atoms with Crippen molar-refractivity contribution in [3.8, 4) is 0 Å². The Hall–Kier alpha value is -2.60. The molecular weight excluding hydrogens is 672 g/mol. The van der Waals surface area contributed by atoms with Gasteiger partial charge in [-0.3, -0.25) is 9.48 Å². The van der Waals surface area contributed by atoms with E-state index in [2.05, 4.69) is 17.2 Å². The largest absolute Gasteiger partial charge is 0.435 e. The van der Waals surface area contributed by atoms with Gasteiger partial charge in [0.25, 0.3) is 0 Å². The first-order valence-corrected chi connectivity index (χ1v) is 12.6. The zero-order valence-electron chi connectivity index (χ0n) is 20.1. The number of piperidine rings is 1. The fourth-order valence-corrected chi connectivity index (χ4v) is 5.56. The van der Waals surface area contributed by atoms with Gasteiger partial charge in [-0.1, -0.05) is 11.2 Å².